The van der Waals surface area contributed by atoms with Gasteiger partial charge in [0.05, 0.1) is 0 Å². The fourth-order valence-corrected chi connectivity index (χ4v) is 3.92. The van der Waals surface area contributed by atoms with Gasteiger partial charge in [-0.3, -0.25) is 4.72 Å². The van der Waals surface area contributed by atoms with Gasteiger partial charge in [-0.05, 0) is 68.0 Å². The largest absolute Gasteiger partial charge is 0.422 e. The van der Waals surface area contributed by atoms with E-state index in [1.807, 2.05) is 31.2 Å². The van der Waals surface area contributed by atoms with Gasteiger partial charge in [0.2, 0.25) is 0 Å². The molecule has 0 fully saturated rings. The van der Waals surface area contributed by atoms with E-state index in [9.17, 15) is 4.79 Å². The molecule has 0 saturated carbocycles. The lowest BCUT2D eigenvalue weighted by Gasteiger charge is -2.09. The maximum absolute atomic E-state index is 12.0. The highest BCUT2D eigenvalue weighted by Gasteiger charge is 2.07. The lowest BCUT2D eigenvalue weighted by Crippen LogP contribution is -2.20. The third kappa shape index (κ3) is 9.40. The SMILES string of the molecule is CCCCCCCCCCc1ccc(OC(=O)NSc2ccc(C)cc2C)cc1. The number of benzene rings is 2. The van der Waals surface area contributed by atoms with Gasteiger partial charge in [0, 0.05) is 4.90 Å². The van der Waals surface area contributed by atoms with Crippen LogP contribution in [0.2, 0.25) is 0 Å². The normalized spacial score (nSPS) is 10.7. The molecule has 0 radical (unpaired) electrons. The molecule has 0 aliphatic rings. The van der Waals surface area contributed by atoms with Crippen LogP contribution < -0.4 is 9.46 Å². The van der Waals surface area contributed by atoms with Crippen LogP contribution in [0.1, 0.15) is 75.0 Å². The lowest BCUT2D eigenvalue weighted by molar-refractivity contribution is 0.207. The van der Waals surface area contributed by atoms with E-state index in [2.05, 4.69) is 36.8 Å². The van der Waals surface area contributed by atoms with Crippen molar-refractivity contribution in [2.24, 2.45) is 0 Å². The monoisotopic (exact) mass is 413 g/mol. The summed E-state index contributed by atoms with van der Waals surface area (Å²) in [7, 11) is 0. The number of carbonyl (C=O) groups excluding carboxylic acids is 1. The molecule has 0 aliphatic carbocycles. The Morgan fingerprint density at radius 1 is 0.897 bits per heavy atom. The summed E-state index contributed by atoms with van der Waals surface area (Å²) in [6.45, 7) is 6.35. The Bertz CT molecular complexity index is 743. The number of hydrogen-bond donors (Lipinski definition) is 1. The maximum atomic E-state index is 12.0. The van der Waals surface area contributed by atoms with Crippen molar-refractivity contribution in [3.05, 3.63) is 59.2 Å². The molecule has 0 spiro atoms. The summed E-state index contributed by atoms with van der Waals surface area (Å²) in [5, 5.41) is 0. The number of unbranched alkanes of at least 4 members (excludes halogenated alkanes) is 7. The quantitative estimate of drug-likeness (QED) is 0.285. The maximum Gasteiger partial charge on any atom is 0.422 e. The van der Waals surface area contributed by atoms with Crippen molar-refractivity contribution in [2.45, 2.75) is 83.5 Å². The van der Waals surface area contributed by atoms with Gasteiger partial charge in [-0.25, -0.2) is 4.79 Å². The van der Waals surface area contributed by atoms with Gasteiger partial charge in [0.1, 0.15) is 5.75 Å². The predicted octanol–water partition coefficient (Wildman–Crippen LogP) is 7.78. The van der Waals surface area contributed by atoms with E-state index in [1.165, 1.54) is 74.4 Å². The van der Waals surface area contributed by atoms with Gasteiger partial charge < -0.3 is 4.74 Å². The lowest BCUT2D eigenvalue weighted by atomic mass is 10.0. The topological polar surface area (TPSA) is 38.3 Å². The zero-order valence-electron chi connectivity index (χ0n) is 18.1. The van der Waals surface area contributed by atoms with E-state index in [0.29, 0.717) is 5.75 Å². The molecule has 29 heavy (non-hydrogen) atoms. The van der Waals surface area contributed by atoms with Crippen LogP contribution in [0.3, 0.4) is 0 Å². The third-order valence-electron chi connectivity index (χ3n) is 5.03. The summed E-state index contributed by atoms with van der Waals surface area (Å²) in [5.41, 5.74) is 3.65. The zero-order valence-corrected chi connectivity index (χ0v) is 18.9. The molecule has 0 aliphatic heterocycles. The van der Waals surface area contributed by atoms with Gasteiger partial charge >= 0.3 is 6.09 Å². The van der Waals surface area contributed by atoms with E-state index < -0.39 is 6.09 Å². The van der Waals surface area contributed by atoms with Gasteiger partial charge in [-0.15, -0.1) is 0 Å². The molecular weight excluding hydrogens is 378 g/mol. The minimum Gasteiger partial charge on any atom is -0.410 e. The summed E-state index contributed by atoms with van der Waals surface area (Å²) >= 11 is 1.28. The molecule has 4 heteroatoms. The average Bonchev–Trinajstić information content (AvgIpc) is 2.70. The Labute approximate surface area is 180 Å². The van der Waals surface area contributed by atoms with Gasteiger partial charge in [-0.2, -0.15) is 0 Å². The van der Waals surface area contributed by atoms with Crippen molar-refractivity contribution in [1.29, 1.82) is 0 Å². The highest BCUT2D eigenvalue weighted by Crippen LogP contribution is 2.21. The van der Waals surface area contributed by atoms with E-state index in [4.69, 9.17) is 4.74 Å². The first-order chi connectivity index (χ1) is 14.1. The molecule has 0 atom stereocenters. The number of aryl methyl sites for hydroxylation is 3. The molecule has 3 nitrogen and oxygen atoms in total. The summed E-state index contributed by atoms with van der Waals surface area (Å²) in [5.74, 6) is 0.573. The summed E-state index contributed by atoms with van der Waals surface area (Å²) in [6.07, 6.45) is 11.3. The number of rotatable bonds is 12. The number of nitrogens with one attached hydrogen (secondary N) is 1. The van der Waals surface area contributed by atoms with Crippen molar-refractivity contribution in [3.63, 3.8) is 0 Å². The molecule has 2 aromatic carbocycles. The van der Waals surface area contributed by atoms with Crippen LogP contribution in [0.15, 0.2) is 47.4 Å². The van der Waals surface area contributed by atoms with Crippen molar-refractivity contribution in [1.82, 2.24) is 4.72 Å². The van der Waals surface area contributed by atoms with E-state index in [1.54, 1.807) is 0 Å². The first-order valence-corrected chi connectivity index (χ1v) is 11.7. The van der Waals surface area contributed by atoms with E-state index in [0.717, 1.165) is 16.9 Å². The molecule has 2 aromatic rings. The zero-order chi connectivity index (χ0) is 20.9. The molecule has 2 rings (SSSR count). The molecule has 0 unspecified atom stereocenters. The predicted molar refractivity (Wildman–Crippen MR) is 124 cm³/mol. The highest BCUT2D eigenvalue weighted by atomic mass is 32.2. The fourth-order valence-electron chi connectivity index (χ4n) is 3.33. The van der Waals surface area contributed by atoms with Crippen molar-refractivity contribution < 1.29 is 9.53 Å². The van der Waals surface area contributed by atoms with Gasteiger partial charge in [0.15, 0.2) is 0 Å². The van der Waals surface area contributed by atoms with Crippen LogP contribution in [0.25, 0.3) is 0 Å². The second-order valence-electron chi connectivity index (χ2n) is 7.73. The first-order valence-electron chi connectivity index (χ1n) is 10.9. The molecule has 0 heterocycles. The number of ether oxygens (including phenoxy) is 1. The van der Waals surface area contributed by atoms with Crippen LogP contribution in [0.5, 0.6) is 5.75 Å². The van der Waals surface area contributed by atoms with Crippen LogP contribution in [0.4, 0.5) is 4.79 Å². The minimum absolute atomic E-state index is 0.453. The standard InChI is InChI=1S/C25H35NO2S/c1-4-5-6-7-8-9-10-11-12-22-14-16-23(17-15-22)28-25(27)26-29-24-18-13-20(2)19-21(24)3/h13-19H,4-12H2,1-3H3,(H,26,27). The Morgan fingerprint density at radius 2 is 1.55 bits per heavy atom. The van der Waals surface area contributed by atoms with Crippen molar-refractivity contribution in [2.75, 3.05) is 0 Å². The Balaban J connectivity index is 1.64. The molecule has 1 amide bonds. The Kier molecular flexibility index (Phi) is 10.7. The number of amides is 1. The second-order valence-corrected chi connectivity index (χ2v) is 8.58. The summed E-state index contributed by atoms with van der Waals surface area (Å²) < 4.78 is 8.12. The van der Waals surface area contributed by atoms with Crippen molar-refractivity contribution in [3.8, 4) is 5.75 Å². The summed E-state index contributed by atoms with van der Waals surface area (Å²) in [4.78, 5) is 13.1. The molecule has 158 valence electrons. The Hall–Kier alpha value is -1.94. The third-order valence-corrected chi connectivity index (χ3v) is 5.97. The molecular formula is C25H35NO2S. The average molecular weight is 414 g/mol. The molecule has 0 bridgehead atoms. The van der Waals surface area contributed by atoms with Crippen LogP contribution in [-0.2, 0) is 6.42 Å². The molecule has 1 N–H and O–H groups in total. The van der Waals surface area contributed by atoms with Crippen molar-refractivity contribution >= 4 is 18.0 Å². The first kappa shape index (κ1) is 23.3. The van der Waals surface area contributed by atoms with Gasteiger partial charge in [-0.1, -0.05) is 81.7 Å². The van der Waals surface area contributed by atoms with Crippen LogP contribution in [-0.4, -0.2) is 6.09 Å². The smallest absolute Gasteiger partial charge is 0.410 e. The summed E-state index contributed by atoms with van der Waals surface area (Å²) in [6, 6.07) is 14.0. The van der Waals surface area contributed by atoms with Crippen LogP contribution in [0, 0.1) is 13.8 Å². The number of carbonyl (C=O) groups is 1. The molecule has 0 saturated heterocycles. The number of hydrogen-bond acceptors (Lipinski definition) is 3. The van der Waals surface area contributed by atoms with E-state index >= 15 is 0 Å². The fraction of sp³-hybridized carbons (Fsp3) is 0.480. The minimum atomic E-state index is -0.453. The molecule has 0 aromatic heterocycles. The van der Waals surface area contributed by atoms with E-state index in [-0.39, 0.29) is 0 Å². The Morgan fingerprint density at radius 3 is 2.21 bits per heavy atom. The highest BCUT2D eigenvalue weighted by molar-refractivity contribution is 7.98. The van der Waals surface area contributed by atoms with Gasteiger partial charge in [0.25, 0.3) is 0 Å². The second kappa shape index (κ2) is 13.3. The van der Waals surface area contributed by atoms with Crippen LogP contribution >= 0.6 is 11.9 Å².